The molecule has 0 heterocycles. The van der Waals surface area contributed by atoms with Crippen molar-refractivity contribution < 1.29 is 9.26 Å². The van der Waals surface area contributed by atoms with E-state index in [9.17, 15) is 0 Å². The number of aliphatic imine (C=N–C) groups is 1. The highest BCUT2D eigenvalue weighted by Crippen LogP contribution is 2.50. The van der Waals surface area contributed by atoms with Gasteiger partial charge >= 0.3 is 0 Å². The van der Waals surface area contributed by atoms with Crippen LogP contribution in [0.25, 0.3) is 0 Å². The van der Waals surface area contributed by atoms with Gasteiger partial charge in [0.2, 0.25) is 0 Å². The Labute approximate surface area is 182 Å². The van der Waals surface area contributed by atoms with Crippen molar-refractivity contribution in [2.45, 2.75) is 79.6 Å². The van der Waals surface area contributed by atoms with Gasteiger partial charge in [-0.1, -0.05) is 21.6 Å². The number of nitrogens with zero attached hydrogens (tertiary/aromatic N) is 3. The summed E-state index contributed by atoms with van der Waals surface area (Å²) >= 11 is 0. The zero-order valence-electron chi connectivity index (χ0n) is 18.9. The van der Waals surface area contributed by atoms with E-state index in [0.717, 1.165) is 5.75 Å². The zero-order chi connectivity index (χ0) is 21.7. The highest BCUT2D eigenvalue weighted by Gasteiger charge is 2.34. The normalized spacial score (nSPS) is 12.5. The van der Waals surface area contributed by atoms with Crippen LogP contribution in [-0.2, 0) is 9.26 Å². The van der Waals surface area contributed by atoms with Crippen LogP contribution in [0.1, 0.15) is 55.4 Å². The predicted molar refractivity (Wildman–Crippen MR) is 129 cm³/mol. The molecular formula is C18H42N5O2PS2. The van der Waals surface area contributed by atoms with Crippen molar-refractivity contribution in [3.63, 3.8) is 0 Å². The summed E-state index contributed by atoms with van der Waals surface area (Å²) in [5.74, 6) is 1.64. The van der Waals surface area contributed by atoms with Gasteiger partial charge in [0.1, 0.15) is 5.94 Å². The quantitative estimate of drug-likeness (QED) is 0.0898. The molecule has 0 saturated carbocycles. The molecule has 0 aliphatic rings. The standard InChI is InChI=1S/C18H42N5O2PS2/c1-14(2)22(15(3)4)26(23(16(5)6)17(7)8)25-11-10-24-13-28-27-12-9-21-18(19)20/h14-17H,9-13H2,1-8H3,(H4,19,20,21). The molecule has 168 valence electrons. The van der Waals surface area contributed by atoms with Gasteiger partial charge in [-0.2, -0.15) is 0 Å². The Balaban J connectivity index is 4.48. The van der Waals surface area contributed by atoms with Gasteiger partial charge in [-0.25, -0.2) is 9.34 Å². The Kier molecular flexibility index (Phi) is 16.1. The van der Waals surface area contributed by atoms with E-state index in [1.54, 1.807) is 21.6 Å². The van der Waals surface area contributed by atoms with Crippen LogP contribution in [0.3, 0.4) is 0 Å². The molecule has 0 aromatic carbocycles. The van der Waals surface area contributed by atoms with Gasteiger partial charge in [0.25, 0.3) is 0 Å². The van der Waals surface area contributed by atoms with Gasteiger partial charge in [0.15, 0.2) is 14.4 Å². The fourth-order valence-corrected chi connectivity index (χ4v) is 6.66. The smallest absolute Gasteiger partial charge is 0.189 e. The lowest BCUT2D eigenvalue weighted by Crippen LogP contribution is -2.43. The molecule has 0 spiro atoms. The average molecular weight is 456 g/mol. The molecule has 0 unspecified atom stereocenters. The number of hydrogen-bond donors (Lipinski definition) is 2. The van der Waals surface area contributed by atoms with E-state index in [1.165, 1.54) is 0 Å². The summed E-state index contributed by atoms with van der Waals surface area (Å²) < 4.78 is 17.1. The van der Waals surface area contributed by atoms with Crippen molar-refractivity contribution in [2.75, 3.05) is 31.5 Å². The molecule has 0 rings (SSSR count). The van der Waals surface area contributed by atoms with Gasteiger partial charge < -0.3 is 20.7 Å². The Bertz CT molecular complexity index is 389. The molecule has 4 N–H and O–H groups in total. The van der Waals surface area contributed by atoms with Crippen LogP contribution < -0.4 is 11.5 Å². The lowest BCUT2D eigenvalue weighted by atomic mass is 10.3. The molecule has 0 saturated heterocycles. The fraction of sp³-hybridized carbons (Fsp3) is 0.944. The second kappa shape index (κ2) is 16.0. The number of nitrogens with two attached hydrogens (primary N) is 2. The molecule has 0 aliphatic heterocycles. The Morgan fingerprint density at radius 3 is 1.79 bits per heavy atom. The third-order valence-corrected chi connectivity index (χ3v) is 8.75. The molecule has 0 aromatic heterocycles. The largest absolute Gasteiger partial charge is 0.370 e. The van der Waals surface area contributed by atoms with Crippen molar-refractivity contribution in [2.24, 2.45) is 16.5 Å². The minimum atomic E-state index is -0.848. The van der Waals surface area contributed by atoms with Crippen molar-refractivity contribution in [3.05, 3.63) is 0 Å². The molecule has 7 nitrogen and oxygen atoms in total. The average Bonchev–Trinajstić information content (AvgIpc) is 2.54. The van der Waals surface area contributed by atoms with Gasteiger partial charge in [-0.3, -0.25) is 4.99 Å². The first-order chi connectivity index (χ1) is 13.1. The van der Waals surface area contributed by atoms with Gasteiger partial charge in [0, 0.05) is 29.9 Å². The summed E-state index contributed by atoms with van der Waals surface area (Å²) in [6, 6.07) is 1.68. The van der Waals surface area contributed by atoms with E-state index in [0.29, 0.717) is 49.9 Å². The lowest BCUT2D eigenvalue weighted by Gasteiger charge is -2.45. The first-order valence-corrected chi connectivity index (χ1v) is 13.6. The SMILES string of the molecule is CC(C)N(C(C)C)P(OCCOCSSCCN=C(N)N)N(C(C)C)C(C)C. The molecular weight excluding hydrogens is 413 g/mol. The lowest BCUT2D eigenvalue weighted by molar-refractivity contribution is 0.119. The predicted octanol–water partition coefficient (Wildman–Crippen LogP) is 4.10. The van der Waals surface area contributed by atoms with Crippen LogP contribution in [0.2, 0.25) is 0 Å². The molecule has 0 amide bonds. The third kappa shape index (κ3) is 12.1. The van der Waals surface area contributed by atoms with E-state index < -0.39 is 8.45 Å². The molecule has 0 bridgehead atoms. The Hall–Kier alpha value is 0.240. The Morgan fingerprint density at radius 2 is 1.36 bits per heavy atom. The Morgan fingerprint density at radius 1 is 0.857 bits per heavy atom. The van der Waals surface area contributed by atoms with E-state index in [2.05, 4.69) is 69.7 Å². The first-order valence-electron chi connectivity index (χ1n) is 9.96. The van der Waals surface area contributed by atoms with E-state index in [4.69, 9.17) is 20.7 Å². The van der Waals surface area contributed by atoms with Crippen LogP contribution in [0.15, 0.2) is 4.99 Å². The summed E-state index contributed by atoms with van der Waals surface area (Å²) in [6.07, 6.45) is 0. The van der Waals surface area contributed by atoms with Crippen molar-refractivity contribution in [1.82, 2.24) is 9.34 Å². The van der Waals surface area contributed by atoms with Crippen LogP contribution in [0, 0.1) is 0 Å². The fourth-order valence-electron chi connectivity index (χ4n) is 2.81. The highest BCUT2D eigenvalue weighted by atomic mass is 33.1. The number of rotatable bonds is 16. The maximum Gasteiger partial charge on any atom is 0.189 e. The highest BCUT2D eigenvalue weighted by molar-refractivity contribution is 8.76. The van der Waals surface area contributed by atoms with Crippen molar-refractivity contribution in [1.29, 1.82) is 0 Å². The summed E-state index contributed by atoms with van der Waals surface area (Å²) in [7, 11) is 2.53. The monoisotopic (exact) mass is 455 g/mol. The molecule has 10 heteroatoms. The second-order valence-corrected chi connectivity index (χ2v) is 11.7. The molecule has 0 aromatic rings. The van der Waals surface area contributed by atoms with Crippen LogP contribution in [-0.4, -0.2) is 70.9 Å². The van der Waals surface area contributed by atoms with Gasteiger partial charge in [-0.15, -0.1) is 0 Å². The van der Waals surface area contributed by atoms with E-state index in [-0.39, 0.29) is 5.96 Å². The number of hydrogen-bond acceptors (Lipinski definition) is 7. The summed E-state index contributed by atoms with van der Waals surface area (Å²) in [4.78, 5) is 3.95. The van der Waals surface area contributed by atoms with Crippen molar-refractivity contribution >= 4 is 36.0 Å². The van der Waals surface area contributed by atoms with Crippen LogP contribution in [0.5, 0.6) is 0 Å². The molecule has 0 aliphatic carbocycles. The van der Waals surface area contributed by atoms with Crippen LogP contribution >= 0.6 is 30.0 Å². The summed E-state index contributed by atoms with van der Waals surface area (Å²) in [5, 5.41) is 0. The maximum atomic E-state index is 6.41. The number of ether oxygens (including phenoxy) is 1. The van der Waals surface area contributed by atoms with Crippen LogP contribution in [0.4, 0.5) is 0 Å². The minimum Gasteiger partial charge on any atom is -0.370 e. The van der Waals surface area contributed by atoms with E-state index >= 15 is 0 Å². The summed E-state index contributed by atoms with van der Waals surface area (Å²) in [5.41, 5.74) is 10.6. The summed E-state index contributed by atoms with van der Waals surface area (Å²) in [6.45, 7) is 19.7. The van der Waals surface area contributed by atoms with E-state index in [1.807, 2.05) is 0 Å². The minimum absolute atomic E-state index is 0.143. The third-order valence-electron chi connectivity index (χ3n) is 3.63. The molecule has 28 heavy (non-hydrogen) atoms. The second-order valence-electron chi connectivity index (χ2n) is 7.49. The van der Waals surface area contributed by atoms with Crippen molar-refractivity contribution in [3.8, 4) is 0 Å². The van der Waals surface area contributed by atoms with Gasteiger partial charge in [0.05, 0.1) is 19.8 Å². The zero-order valence-corrected chi connectivity index (χ0v) is 21.4. The molecule has 0 atom stereocenters. The topological polar surface area (TPSA) is 89.3 Å². The van der Waals surface area contributed by atoms with Gasteiger partial charge in [-0.05, 0) is 55.4 Å². The maximum absolute atomic E-state index is 6.41. The molecule has 0 fully saturated rings. The first kappa shape index (κ1) is 28.2. The number of guanidine groups is 1. The molecule has 0 radical (unpaired) electrons.